The second-order valence-corrected chi connectivity index (χ2v) is 6.90. The first-order valence-corrected chi connectivity index (χ1v) is 10.00. The average molecular weight is 349 g/mol. The van der Waals surface area contributed by atoms with Crippen molar-refractivity contribution in [3.8, 4) is 0 Å². The monoisotopic (exact) mass is 348 g/mol. The first kappa shape index (κ1) is 23.8. The summed E-state index contributed by atoms with van der Waals surface area (Å²) in [4.78, 5) is 0. The maximum absolute atomic E-state index is 9.21. The van der Waals surface area contributed by atoms with Gasteiger partial charge in [0.2, 0.25) is 0 Å². The molecule has 0 bridgehead atoms. The Kier molecular flexibility index (Phi) is 17.5. The van der Waals surface area contributed by atoms with Gasteiger partial charge in [-0.25, -0.2) is 0 Å². The fourth-order valence-corrected chi connectivity index (χ4v) is 3.12. The number of hydrogen-bond donors (Lipinski definition) is 3. The number of hydrogen-bond acceptors (Lipinski definition) is 4. The molecular formula is C19H42NO4+. The normalized spacial score (nSPS) is 12.0. The molecule has 0 unspecified atom stereocenters. The van der Waals surface area contributed by atoms with Crippen molar-refractivity contribution in [2.24, 2.45) is 0 Å². The van der Waals surface area contributed by atoms with Crippen LogP contribution < -0.4 is 0 Å². The van der Waals surface area contributed by atoms with Gasteiger partial charge in [0.05, 0.1) is 26.4 Å². The van der Waals surface area contributed by atoms with Gasteiger partial charge in [0.15, 0.2) is 6.73 Å². The number of aliphatic hydroxyl groups excluding tert-OH is 3. The molecular weight excluding hydrogens is 306 g/mol. The Balaban J connectivity index is 3.60. The Morgan fingerprint density at radius 1 is 0.625 bits per heavy atom. The van der Waals surface area contributed by atoms with E-state index < -0.39 is 0 Å². The van der Waals surface area contributed by atoms with E-state index in [1.807, 2.05) is 0 Å². The summed E-state index contributed by atoms with van der Waals surface area (Å²) in [6.07, 6.45) is 13.1. The molecule has 0 rings (SSSR count). The molecule has 0 heterocycles. The van der Waals surface area contributed by atoms with Crippen molar-refractivity contribution in [2.75, 3.05) is 52.8 Å². The molecule has 0 aromatic carbocycles. The van der Waals surface area contributed by atoms with Gasteiger partial charge in [-0.15, -0.1) is 0 Å². The van der Waals surface area contributed by atoms with Crippen molar-refractivity contribution in [2.45, 2.75) is 71.1 Å². The summed E-state index contributed by atoms with van der Waals surface area (Å²) in [5, 5.41) is 27.6. The third-order valence-electron chi connectivity index (χ3n) is 4.73. The second-order valence-electron chi connectivity index (χ2n) is 6.90. The number of aliphatic hydroxyl groups is 3. The van der Waals surface area contributed by atoms with Crippen LogP contribution in [0.25, 0.3) is 0 Å². The van der Waals surface area contributed by atoms with Crippen LogP contribution in [0, 0.1) is 0 Å². The molecule has 0 saturated carbocycles. The van der Waals surface area contributed by atoms with Crippen LogP contribution >= 0.6 is 0 Å². The van der Waals surface area contributed by atoms with E-state index in [2.05, 4.69) is 6.92 Å². The van der Waals surface area contributed by atoms with Crippen molar-refractivity contribution >= 4 is 0 Å². The van der Waals surface area contributed by atoms with Crippen molar-refractivity contribution in [1.29, 1.82) is 0 Å². The molecule has 0 atom stereocenters. The third-order valence-corrected chi connectivity index (χ3v) is 4.73. The van der Waals surface area contributed by atoms with E-state index in [0.717, 1.165) is 13.0 Å². The average Bonchev–Trinajstić information content (AvgIpc) is 2.56. The minimum absolute atomic E-state index is 0.0433. The third kappa shape index (κ3) is 13.1. The molecule has 5 heteroatoms. The molecule has 0 amide bonds. The van der Waals surface area contributed by atoms with Gasteiger partial charge in [0.25, 0.3) is 0 Å². The summed E-state index contributed by atoms with van der Waals surface area (Å²) < 4.78 is 6.20. The lowest BCUT2D eigenvalue weighted by atomic mass is 10.1. The highest BCUT2D eigenvalue weighted by molar-refractivity contribution is 4.47. The highest BCUT2D eigenvalue weighted by Gasteiger charge is 2.25. The lowest BCUT2D eigenvalue weighted by molar-refractivity contribution is -0.946. The van der Waals surface area contributed by atoms with Crippen LogP contribution in [0.1, 0.15) is 71.1 Å². The van der Waals surface area contributed by atoms with E-state index in [0.29, 0.717) is 30.8 Å². The fourth-order valence-electron chi connectivity index (χ4n) is 3.12. The highest BCUT2D eigenvalue weighted by atomic mass is 16.5. The number of nitrogens with zero attached hydrogens (tertiary/aromatic N) is 1. The maximum Gasteiger partial charge on any atom is 0.183 e. The van der Waals surface area contributed by atoms with Gasteiger partial charge in [0, 0.05) is 0 Å². The summed E-state index contributed by atoms with van der Waals surface area (Å²) >= 11 is 0. The minimum atomic E-state index is 0.0433. The van der Waals surface area contributed by atoms with Gasteiger partial charge in [-0.3, -0.25) is 4.48 Å². The van der Waals surface area contributed by atoms with Crippen molar-refractivity contribution < 1.29 is 24.5 Å². The SMILES string of the molecule is CCCCCCCCCCCCOC[N+](CCO)(CCO)CCO. The Morgan fingerprint density at radius 3 is 1.46 bits per heavy atom. The summed E-state index contributed by atoms with van der Waals surface area (Å²) in [5.74, 6) is 0. The summed E-state index contributed by atoms with van der Waals surface area (Å²) in [5.41, 5.74) is 0. The quantitative estimate of drug-likeness (QED) is 0.191. The van der Waals surface area contributed by atoms with Gasteiger partial charge in [-0.05, 0) is 6.42 Å². The Bertz CT molecular complexity index is 235. The van der Waals surface area contributed by atoms with Crippen LogP contribution in [0.3, 0.4) is 0 Å². The van der Waals surface area contributed by atoms with Crippen LogP contribution in [0.4, 0.5) is 0 Å². The maximum atomic E-state index is 9.21. The molecule has 0 saturated heterocycles. The van der Waals surface area contributed by atoms with Gasteiger partial charge < -0.3 is 20.1 Å². The zero-order chi connectivity index (χ0) is 17.9. The molecule has 0 aromatic rings. The van der Waals surface area contributed by atoms with Crippen molar-refractivity contribution in [3.63, 3.8) is 0 Å². The first-order valence-electron chi connectivity index (χ1n) is 10.00. The molecule has 0 aliphatic carbocycles. The molecule has 0 spiro atoms. The number of unbranched alkanes of at least 4 members (excludes halogenated alkanes) is 9. The van der Waals surface area contributed by atoms with Crippen molar-refractivity contribution in [3.05, 3.63) is 0 Å². The number of ether oxygens (including phenoxy) is 1. The lowest BCUT2D eigenvalue weighted by Crippen LogP contribution is -2.54. The van der Waals surface area contributed by atoms with Crippen LogP contribution in [-0.4, -0.2) is 72.6 Å². The highest BCUT2D eigenvalue weighted by Crippen LogP contribution is 2.11. The Morgan fingerprint density at radius 2 is 1.04 bits per heavy atom. The summed E-state index contributed by atoms with van der Waals surface area (Å²) in [6, 6.07) is 0. The molecule has 5 nitrogen and oxygen atoms in total. The van der Waals surface area contributed by atoms with E-state index >= 15 is 0 Å². The molecule has 146 valence electrons. The molecule has 0 aliphatic rings. The van der Waals surface area contributed by atoms with E-state index in [1.165, 1.54) is 57.8 Å². The number of quaternary nitrogens is 1. The predicted molar refractivity (Wildman–Crippen MR) is 98.8 cm³/mol. The smallest absolute Gasteiger partial charge is 0.183 e. The first-order chi connectivity index (χ1) is 11.7. The van der Waals surface area contributed by atoms with Crippen LogP contribution in [-0.2, 0) is 4.74 Å². The standard InChI is InChI=1S/C19H42NO4/c1-2-3-4-5-6-7-8-9-10-11-18-24-19-20(12-15-21,13-16-22)14-17-23/h21-23H,2-19H2,1H3/q+1. The van der Waals surface area contributed by atoms with Gasteiger partial charge in [-0.1, -0.05) is 64.7 Å². The molecule has 24 heavy (non-hydrogen) atoms. The Labute approximate surface area is 149 Å². The molecule has 0 radical (unpaired) electrons. The van der Waals surface area contributed by atoms with Crippen LogP contribution in [0.15, 0.2) is 0 Å². The van der Waals surface area contributed by atoms with E-state index in [1.54, 1.807) is 0 Å². The fraction of sp³-hybridized carbons (Fsp3) is 1.00. The summed E-state index contributed by atoms with van der Waals surface area (Å²) in [7, 11) is 0. The van der Waals surface area contributed by atoms with Gasteiger partial charge in [0.1, 0.15) is 19.6 Å². The topological polar surface area (TPSA) is 69.9 Å². The zero-order valence-electron chi connectivity index (χ0n) is 15.9. The zero-order valence-corrected chi connectivity index (χ0v) is 15.9. The Hall–Kier alpha value is -0.200. The van der Waals surface area contributed by atoms with Gasteiger partial charge in [-0.2, -0.15) is 0 Å². The summed E-state index contributed by atoms with van der Waals surface area (Å²) in [6.45, 7) is 5.10. The number of rotatable bonds is 19. The lowest BCUT2D eigenvalue weighted by Gasteiger charge is -2.36. The van der Waals surface area contributed by atoms with Gasteiger partial charge >= 0.3 is 0 Å². The van der Waals surface area contributed by atoms with E-state index in [9.17, 15) is 15.3 Å². The predicted octanol–water partition coefficient (Wildman–Crippen LogP) is 2.68. The van der Waals surface area contributed by atoms with E-state index in [4.69, 9.17) is 4.74 Å². The second kappa shape index (κ2) is 17.6. The minimum Gasteiger partial charge on any atom is -0.391 e. The molecule has 0 aliphatic heterocycles. The van der Waals surface area contributed by atoms with Crippen molar-refractivity contribution in [1.82, 2.24) is 0 Å². The largest absolute Gasteiger partial charge is 0.391 e. The van der Waals surface area contributed by atoms with Crippen LogP contribution in [0.5, 0.6) is 0 Å². The molecule has 3 N–H and O–H groups in total. The van der Waals surface area contributed by atoms with E-state index in [-0.39, 0.29) is 19.8 Å². The molecule has 0 aromatic heterocycles. The molecule has 0 fully saturated rings. The van der Waals surface area contributed by atoms with Crippen LogP contribution in [0.2, 0.25) is 0 Å².